The molecule has 0 amide bonds. The van der Waals surface area contributed by atoms with Crippen molar-refractivity contribution in [1.29, 1.82) is 10.5 Å². The van der Waals surface area contributed by atoms with Crippen LogP contribution >= 0.6 is 23.2 Å². The van der Waals surface area contributed by atoms with Crippen LogP contribution in [0.2, 0.25) is 10.0 Å². The molecule has 0 heterocycles. The summed E-state index contributed by atoms with van der Waals surface area (Å²) in [5, 5.41) is 17.9. The molecule has 0 spiro atoms. The van der Waals surface area contributed by atoms with Gasteiger partial charge in [-0.05, 0) is 47.5 Å². The fourth-order valence-electron chi connectivity index (χ4n) is 1.41. The number of benzene rings is 2. The smallest absolute Gasteiger partial charge is 0.0912 e. The minimum Gasteiger partial charge on any atom is -0.193 e. The molecule has 2 rings (SSSR count). The van der Waals surface area contributed by atoms with Crippen molar-refractivity contribution in [3.05, 3.63) is 81.9 Å². The lowest BCUT2D eigenvalue weighted by atomic mass is 10.2. The van der Waals surface area contributed by atoms with Gasteiger partial charge < -0.3 is 0 Å². The van der Waals surface area contributed by atoms with E-state index >= 15 is 0 Å². The first kappa shape index (κ1) is 17.5. The van der Waals surface area contributed by atoms with Crippen LogP contribution in [0, 0.1) is 22.7 Å². The van der Waals surface area contributed by atoms with Gasteiger partial charge in [0.2, 0.25) is 0 Å². The van der Waals surface area contributed by atoms with Gasteiger partial charge in [-0.2, -0.15) is 10.5 Å². The molecule has 0 aliphatic heterocycles. The first-order valence-corrected chi connectivity index (χ1v) is 7.05. The third-order valence-electron chi connectivity index (χ3n) is 2.44. The topological polar surface area (TPSA) is 47.6 Å². The minimum absolute atomic E-state index is 0.708. The molecule has 2 aromatic rings. The van der Waals surface area contributed by atoms with E-state index in [1.165, 1.54) is 12.2 Å². The maximum absolute atomic E-state index is 8.22. The molecule has 0 atom stereocenters. The summed E-state index contributed by atoms with van der Waals surface area (Å²) >= 11 is 11.3. The van der Waals surface area contributed by atoms with E-state index in [4.69, 9.17) is 33.7 Å². The average Bonchev–Trinajstić information content (AvgIpc) is 2.54. The molecule has 0 saturated heterocycles. The Kier molecular flexibility index (Phi) is 8.16. The van der Waals surface area contributed by atoms with Crippen LogP contribution in [0.1, 0.15) is 11.1 Å². The summed E-state index contributed by atoms with van der Waals surface area (Å²) in [5.41, 5.74) is 1.96. The summed E-state index contributed by atoms with van der Waals surface area (Å²) in [5.74, 6) is 0. The van der Waals surface area contributed by atoms with Crippen molar-refractivity contribution >= 4 is 35.4 Å². The Bertz CT molecular complexity index is 650. The van der Waals surface area contributed by atoms with Crippen LogP contribution < -0.4 is 0 Å². The van der Waals surface area contributed by atoms with Gasteiger partial charge in [-0.25, -0.2) is 0 Å². The summed E-state index contributed by atoms with van der Waals surface area (Å²) < 4.78 is 0. The Labute approximate surface area is 140 Å². The molecule has 22 heavy (non-hydrogen) atoms. The van der Waals surface area contributed by atoms with E-state index < -0.39 is 0 Å². The lowest BCUT2D eigenvalue weighted by Crippen LogP contribution is -1.68. The Balaban J connectivity index is 0.000000220. The number of nitrogens with zero attached hydrogens (tertiary/aromatic N) is 2. The Morgan fingerprint density at radius 3 is 1.23 bits per heavy atom. The lowest BCUT2D eigenvalue weighted by Gasteiger charge is -1.90. The second-order valence-electron chi connectivity index (χ2n) is 4.03. The molecule has 0 radical (unpaired) electrons. The predicted octanol–water partition coefficient (Wildman–Crippen LogP) is 5.75. The van der Waals surface area contributed by atoms with Gasteiger partial charge in [-0.3, -0.25) is 0 Å². The Morgan fingerprint density at radius 1 is 0.636 bits per heavy atom. The van der Waals surface area contributed by atoms with Crippen molar-refractivity contribution in [3.8, 4) is 12.1 Å². The van der Waals surface area contributed by atoms with Crippen LogP contribution in [0.5, 0.6) is 0 Å². The fourth-order valence-corrected chi connectivity index (χ4v) is 1.67. The van der Waals surface area contributed by atoms with E-state index in [1.807, 2.05) is 36.4 Å². The number of nitriles is 2. The van der Waals surface area contributed by atoms with Crippen LogP contribution in [-0.2, 0) is 0 Å². The number of rotatable bonds is 2. The van der Waals surface area contributed by atoms with Gasteiger partial charge in [-0.1, -0.05) is 47.5 Å². The van der Waals surface area contributed by atoms with Crippen molar-refractivity contribution in [2.24, 2.45) is 0 Å². The van der Waals surface area contributed by atoms with Crippen LogP contribution in [0.3, 0.4) is 0 Å². The summed E-state index contributed by atoms with van der Waals surface area (Å²) in [4.78, 5) is 0. The number of halogens is 2. The van der Waals surface area contributed by atoms with Gasteiger partial charge in [0.05, 0.1) is 12.1 Å². The monoisotopic (exact) mass is 326 g/mol. The van der Waals surface area contributed by atoms with Gasteiger partial charge in [0.1, 0.15) is 0 Å². The van der Waals surface area contributed by atoms with Gasteiger partial charge in [0.25, 0.3) is 0 Å². The third-order valence-corrected chi connectivity index (χ3v) is 2.94. The number of allylic oxidation sites excluding steroid dienone is 2. The first-order valence-electron chi connectivity index (χ1n) is 6.29. The molecule has 4 heteroatoms. The summed E-state index contributed by atoms with van der Waals surface area (Å²) in [6.45, 7) is 0. The van der Waals surface area contributed by atoms with Crippen LogP contribution in [0.15, 0.2) is 60.7 Å². The molecule has 0 aliphatic carbocycles. The molecular formula is C18H12Cl2N2. The molecule has 0 saturated carbocycles. The van der Waals surface area contributed by atoms with E-state index in [1.54, 1.807) is 36.4 Å². The fraction of sp³-hybridized carbons (Fsp3) is 0. The normalized spacial score (nSPS) is 9.82. The lowest BCUT2D eigenvalue weighted by molar-refractivity contribution is 1.53. The largest absolute Gasteiger partial charge is 0.193 e. The van der Waals surface area contributed by atoms with E-state index in [0.29, 0.717) is 10.0 Å². The highest BCUT2D eigenvalue weighted by Gasteiger charge is 1.86. The van der Waals surface area contributed by atoms with E-state index in [-0.39, 0.29) is 0 Å². The Hall–Kier alpha value is -2.52. The van der Waals surface area contributed by atoms with Gasteiger partial charge in [0.15, 0.2) is 0 Å². The minimum atomic E-state index is 0.708. The van der Waals surface area contributed by atoms with Crippen molar-refractivity contribution < 1.29 is 0 Å². The molecule has 0 aliphatic rings. The maximum atomic E-state index is 8.22. The van der Waals surface area contributed by atoms with Crippen LogP contribution in [-0.4, -0.2) is 0 Å². The number of hydrogen-bond donors (Lipinski definition) is 0. The highest BCUT2D eigenvalue weighted by molar-refractivity contribution is 6.30. The zero-order valence-corrected chi connectivity index (χ0v) is 13.1. The summed E-state index contributed by atoms with van der Waals surface area (Å²) in [6, 6.07) is 18.4. The van der Waals surface area contributed by atoms with E-state index in [2.05, 4.69) is 0 Å². The van der Waals surface area contributed by atoms with E-state index in [0.717, 1.165) is 11.1 Å². The molecular weight excluding hydrogens is 315 g/mol. The van der Waals surface area contributed by atoms with Gasteiger partial charge in [-0.15, -0.1) is 0 Å². The molecule has 0 fully saturated rings. The quantitative estimate of drug-likeness (QED) is 0.659. The van der Waals surface area contributed by atoms with Crippen molar-refractivity contribution in [3.63, 3.8) is 0 Å². The second-order valence-corrected chi connectivity index (χ2v) is 4.90. The molecule has 0 unspecified atom stereocenters. The van der Waals surface area contributed by atoms with Crippen molar-refractivity contribution in [1.82, 2.24) is 0 Å². The highest BCUT2D eigenvalue weighted by atomic mass is 35.5. The maximum Gasteiger partial charge on any atom is 0.0912 e. The van der Waals surface area contributed by atoms with Crippen LogP contribution in [0.4, 0.5) is 0 Å². The summed E-state index contributed by atoms with van der Waals surface area (Å²) in [6.07, 6.45) is 6.33. The molecule has 2 nitrogen and oxygen atoms in total. The third kappa shape index (κ3) is 7.31. The molecule has 108 valence electrons. The van der Waals surface area contributed by atoms with Gasteiger partial charge in [0, 0.05) is 22.2 Å². The zero-order chi connectivity index (χ0) is 16.2. The SMILES string of the molecule is N#C/C=C/c1ccc(Cl)cc1.N#C/C=C\c1ccc(Cl)cc1. The number of hydrogen-bond acceptors (Lipinski definition) is 2. The standard InChI is InChI=1S/2C9H6ClN/c2*10-9-5-3-8(4-6-9)2-1-7-11/h2*1-6H/b2-1+;2-1-. The molecule has 0 aromatic heterocycles. The molecule has 2 aromatic carbocycles. The first-order chi connectivity index (χ1) is 10.7. The Morgan fingerprint density at radius 2 is 0.955 bits per heavy atom. The molecule has 0 bridgehead atoms. The second kappa shape index (κ2) is 10.2. The zero-order valence-electron chi connectivity index (χ0n) is 11.6. The predicted molar refractivity (Wildman–Crippen MR) is 92.2 cm³/mol. The van der Waals surface area contributed by atoms with Crippen LogP contribution in [0.25, 0.3) is 12.2 Å². The van der Waals surface area contributed by atoms with Crippen molar-refractivity contribution in [2.75, 3.05) is 0 Å². The van der Waals surface area contributed by atoms with Crippen molar-refractivity contribution in [2.45, 2.75) is 0 Å². The highest BCUT2D eigenvalue weighted by Crippen LogP contribution is 2.10. The molecule has 0 N–H and O–H groups in total. The van der Waals surface area contributed by atoms with Gasteiger partial charge >= 0.3 is 0 Å². The summed E-state index contributed by atoms with van der Waals surface area (Å²) in [7, 11) is 0. The average molecular weight is 327 g/mol. The van der Waals surface area contributed by atoms with E-state index in [9.17, 15) is 0 Å².